The third-order valence-corrected chi connectivity index (χ3v) is 4.89. The number of nitrogens with one attached hydrogen (secondary N) is 1. The van der Waals surface area contributed by atoms with E-state index < -0.39 is 10.2 Å². The van der Waals surface area contributed by atoms with Gasteiger partial charge in [-0.2, -0.15) is 17.8 Å². The van der Waals surface area contributed by atoms with Gasteiger partial charge in [0.15, 0.2) is 0 Å². The number of aromatic nitrogens is 2. The van der Waals surface area contributed by atoms with Crippen LogP contribution >= 0.6 is 0 Å². The van der Waals surface area contributed by atoms with Crippen molar-refractivity contribution in [3.63, 3.8) is 0 Å². The molecule has 1 aliphatic carbocycles. The Hall–Kier alpha value is -1.25. The minimum atomic E-state index is -3.46. The molecule has 0 spiro atoms. The number of fused-ring (bicyclic) bond motifs is 1. The lowest BCUT2D eigenvalue weighted by atomic mass is 9.97. The van der Waals surface area contributed by atoms with Crippen LogP contribution in [0.15, 0.2) is 10.9 Å². The van der Waals surface area contributed by atoms with Crippen LogP contribution in [0.25, 0.3) is 0 Å². The molecule has 1 heterocycles. The summed E-state index contributed by atoms with van der Waals surface area (Å²) >= 11 is 0. The van der Waals surface area contributed by atoms with E-state index in [1.165, 1.54) is 18.8 Å². The normalized spacial score (nSPS) is 15.3. The molecule has 0 unspecified atom stereocenters. The fourth-order valence-corrected chi connectivity index (χ4v) is 2.78. The van der Waals surface area contributed by atoms with Crippen LogP contribution in [-0.2, 0) is 29.6 Å². The highest BCUT2D eigenvalue weighted by atomic mass is 32.2. The molecule has 7 nitrogen and oxygen atoms in total. The average molecular weight is 300 g/mol. The van der Waals surface area contributed by atoms with E-state index in [1.807, 2.05) is 0 Å². The molecule has 0 aromatic carbocycles. The van der Waals surface area contributed by atoms with Crippen LogP contribution in [0.2, 0.25) is 0 Å². The van der Waals surface area contributed by atoms with Gasteiger partial charge in [-0.25, -0.2) is 9.40 Å². The lowest BCUT2D eigenvalue weighted by Crippen LogP contribution is -2.39. The Bertz CT molecular complexity index is 637. The summed E-state index contributed by atoms with van der Waals surface area (Å²) in [5.74, 6) is 0. The van der Waals surface area contributed by atoms with Crippen molar-refractivity contribution in [1.82, 2.24) is 18.8 Å². The van der Waals surface area contributed by atoms with Crippen LogP contribution in [0.1, 0.15) is 24.1 Å². The van der Waals surface area contributed by atoms with Gasteiger partial charge in [0.25, 0.3) is 15.8 Å². The molecular formula is C12H20N4O3S. The van der Waals surface area contributed by atoms with Crippen LogP contribution < -0.4 is 10.3 Å². The van der Waals surface area contributed by atoms with Gasteiger partial charge in [0, 0.05) is 26.7 Å². The molecule has 1 aromatic rings. The van der Waals surface area contributed by atoms with Gasteiger partial charge in [0.2, 0.25) is 0 Å². The molecule has 2 rings (SSSR count). The van der Waals surface area contributed by atoms with Gasteiger partial charge in [0.1, 0.15) is 0 Å². The zero-order chi connectivity index (χ0) is 14.8. The summed E-state index contributed by atoms with van der Waals surface area (Å²) in [5, 5.41) is 4.33. The summed E-state index contributed by atoms with van der Waals surface area (Å²) in [6.07, 6.45) is 3.98. The van der Waals surface area contributed by atoms with Gasteiger partial charge < -0.3 is 0 Å². The second-order valence-corrected chi connectivity index (χ2v) is 7.04. The van der Waals surface area contributed by atoms with Crippen molar-refractivity contribution >= 4 is 10.2 Å². The van der Waals surface area contributed by atoms with Gasteiger partial charge in [-0.15, -0.1) is 0 Å². The van der Waals surface area contributed by atoms with Crippen LogP contribution in [-0.4, -0.2) is 43.1 Å². The fourth-order valence-electron chi connectivity index (χ4n) is 2.17. The van der Waals surface area contributed by atoms with Crippen LogP contribution in [0, 0.1) is 0 Å². The Morgan fingerprint density at radius 1 is 1.35 bits per heavy atom. The molecular weight excluding hydrogens is 280 g/mol. The molecule has 0 fully saturated rings. The van der Waals surface area contributed by atoms with Crippen molar-refractivity contribution in [3.8, 4) is 0 Å². The molecule has 0 amide bonds. The zero-order valence-electron chi connectivity index (χ0n) is 11.8. The molecule has 0 bridgehead atoms. The first kappa shape index (κ1) is 15.1. The van der Waals surface area contributed by atoms with Crippen molar-refractivity contribution in [2.24, 2.45) is 0 Å². The Labute approximate surface area is 118 Å². The second kappa shape index (κ2) is 6.02. The van der Waals surface area contributed by atoms with E-state index in [-0.39, 0.29) is 18.6 Å². The molecule has 0 saturated heterocycles. The summed E-state index contributed by atoms with van der Waals surface area (Å²) in [6, 6.07) is 1.63. The molecule has 1 aromatic heterocycles. The predicted molar refractivity (Wildman–Crippen MR) is 75.7 cm³/mol. The van der Waals surface area contributed by atoms with Crippen molar-refractivity contribution < 1.29 is 8.42 Å². The van der Waals surface area contributed by atoms with Gasteiger partial charge in [-0.05, 0) is 31.2 Å². The lowest BCUT2D eigenvalue weighted by molar-refractivity contribution is 0.490. The largest absolute Gasteiger partial charge is 0.278 e. The van der Waals surface area contributed by atoms with Gasteiger partial charge in [0.05, 0.1) is 12.2 Å². The first-order chi connectivity index (χ1) is 9.40. The van der Waals surface area contributed by atoms with Gasteiger partial charge >= 0.3 is 0 Å². The van der Waals surface area contributed by atoms with Crippen LogP contribution in [0.5, 0.6) is 0 Å². The Morgan fingerprint density at radius 2 is 2.05 bits per heavy atom. The third-order valence-electron chi connectivity index (χ3n) is 3.36. The Morgan fingerprint density at radius 3 is 2.75 bits per heavy atom. The number of nitrogens with zero attached hydrogens (tertiary/aromatic N) is 3. The Balaban J connectivity index is 2.05. The molecule has 112 valence electrons. The maximum Gasteiger partial charge on any atom is 0.278 e. The highest BCUT2D eigenvalue weighted by Gasteiger charge is 2.15. The number of aryl methyl sites for hydroxylation is 2. The van der Waals surface area contributed by atoms with Gasteiger partial charge in [-0.3, -0.25) is 4.79 Å². The van der Waals surface area contributed by atoms with E-state index in [0.29, 0.717) is 0 Å². The molecule has 20 heavy (non-hydrogen) atoms. The van der Waals surface area contributed by atoms with Gasteiger partial charge in [-0.1, -0.05) is 0 Å². The number of hydrogen-bond donors (Lipinski definition) is 1. The van der Waals surface area contributed by atoms with Crippen molar-refractivity contribution in [1.29, 1.82) is 0 Å². The maximum atomic E-state index is 11.9. The van der Waals surface area contributed by atoms with E-state index in [9.17, 15) is 13.2 Å². The fraction of sp³-hybridized carbons (Fsp3) is 0.667. The highest BCUT2D eigenvalue weighted by Crippen LogP contribution is 2.16. The Kier molecular flexibility index (Phi) is 4.56. The summed E-state index contributed by atoms with van der Waals surface area (Å²) in [7, 11) is -0.558. The van der Waals surface area contributed by atoms with Crippen molar-refractivity contribution in [3.05, 3.63) is 27.7 Å². The summed E-state index contributed by atoms with van der Waals surface area (Å²) in [5.41, 5.74) is 1.83. The van der Waals surface area contributed by atoms with Crippen molar-refractivity contribution in [2.75, 3.05) is 20.6 Å². The number of rotatable bonds is 5. The quantitative estimate of drug-likeness (QED) is 0.796. The molecule has 0 aliphatic heterocycles. The summed E-state index contributed by atoms with van der Waals surface area (Å²) < 4.78 is 27.9. The highest BCUT2D eigenvalue weighted by molar-refractivity contribution is 7.87. The minimum Gasteiger partial charge on any atom is -0.268 e. The molecule has 8 heteroatoms. The first-order valence-corrected chi connectivity index (χ1v) is 8.11. The van der Waals surface area contributed by atoms with Crippen LogP contribution in [0.4, 0.5) is 0 Å². The summed E-state index contributed by atoms with van der Waals surface area (Å²) in [4.78, 5) is 11.9. The topological polar surface area (TPSA) is 84.3 Å². The minimum absolute atomic E-state index is 0.145. The van der Waals surface area contributed by atoms with E-state index in [2.05, 4.69) is 9.82 Å². The monoisotopic (exact) mass is 300 g/mol. The zero-order valence-corrected chi connectivity index (χ0v) is 12.6. The summed E-state index contributed by atoms with van der Waals surface area (Å²) in [6.45, 7) is 0.380. The number of hydrogen-bond acceptors (Lipinski definition) is 4. The van der Waals surface area contributed by atoms with E-state index in [1.54, 1.807) is 6.07 Å². The molecule has 1 N–H and O–H groups in total. The van der Waals surface area contributed by atoms with E-state index >= 15 is 0 Å². The van der Waals surface area contributed by atoms with E-state index in [4.69, 9.17) is 0 Å². The van der Waals surface area contributed by atoms with Crippen LogP contribution in [0.3, 0.4) is 0 Å². The first-order valence-electron chi connectivity index (χ1n) is 6.67. The molecule has 0 atom stereocenters. The smallest absolute Gasteiger partial charge is 0.268 e. The molecule has 1 aliphatic rings. The third kappa shape index (κ3) is 3.44. The molecule has 0 radical (unpaired) electrons. The van der Waals surface area contributed by atoms with E-state index in [0.717, 1.165) is 41.2 Å². The predicted octanol–water partition coefficient (Wildman–Crippen LogP) is -0.482. The maximum absolute atomic E-state index is 11.9. The lowest BCUT2D eigenvalue weighted by Gasteiger charge is -2.16. The van der Waals surface area contributed by atoms with Crippen molar-refractivity contribution in [2.45, 2.75) is 32.2 Å². The molecule has 0 saturated carbocycles. The standard InChI is InChI=1S/C12H20N4O3S/c1-15(2)20(18,19)13-7-8-16-12(17)9-10-5-3-4-6-11(10)14-16/h9,13H,3-8H2,1-2H3. The second-order valence-electron chi connectivity index (χ2n) is 5.07. The average Bonchev–Trinajstić information content (AvgIpc) is 2.39. The SMILES string of the molecule is CN(C)S(=O)(=O)NCCn1nc2c(cc1=O)CCCC2.